The Bertz CT molecular complexity index is 398. The predicted molar refractivity (Wildman–Crippen MR) is 70.6 cm³/mol. The molecule has 0 aliphatic heterocycles. The topological polar surface area (TPSA) is 52.6 Å². The van der Waals surface area contributed by atoms with E-state index in [1.165, 1.54) is 0 Å². The number of benzene rings is 1. The first-order valence-corrected chi connectivity index (χ1v) is 5.83. The number of aliphatic hydroxyl groups is 1. The molecule has 0 bridgehead atoms. The van der Waals surface area contributed by atoms with E-state index in [1.54, 1.807) is 0 Å². The lowest BCUT2D eigenvalue weighted by Crippen LogP contribution is -2.38. The normalized spacial score (nSPS) is 10.1. The van der Waals surface area contributed by atoms with Crippen LogP contribution < -0.4 is 5.32 Å². The molecule has 0 aromatic heterocycles. The van der Waals surface area contributed by atoms with Crippen molar-refractivity contribution in [2.24, 2.45) is 0 Å². The Labute approximate surface area is 108 Å². The lowest BCUT2D eigenvalue weighted by Gasteiger charge is -2.20. The van der Waals surface area contributed by atoms with Crippen molar-refractivity contribution >= 4 is 5.91 Å². The van der Waals surface area contributed by atoms with Crippen LogP contribution >= 0.6 is 0 Å². The zero-order valence-electron chi connectivity index (χ0n) is 10.3. The van der Waals surface area contributed by atoms with E-state index in [1.807, 2.05) is 35.2 Å². The van der Waals surface area contributed by atoms with Crippen molar-refractivity contribution in [3.05, 3.63) is 35.9 Å². The lowest BCUT2D eigenvalue weighted by molar-refractivity contribution is -0.122. The van der Waals surface area contributed by atoms with Gasteiger partial charge in [-0.3, -0.25) is 9.69 Å². The van der Waals surface area contributed by atoms with Gasteiger partial charge in [0.25, 0.3) is 0 Å². The third-order valence-electron chi connectivity index (χ3n) is 2.42. The number of amides is 1. The van der Waals surface area contributed by atoms with E-state index in [4.69, 9.17) is 11.5 Å². The Balaban J connectivity index is 2.50. The van der Waals surface area contributed by atoms with E-state index in [-0.39, 0.29) is 25.6 Å². The molecule has 0 fully saturated rings. The predicted octanol–water partition coefficient (Wildman–Crippen LogP) is 0.230. The molecule has 0 aliphatic rings. The highest BCUT2D eigenvalue weighted by Crippen LogP contribution is 2.03. The second kappa shape index (κ2) is 8.29. The molecule has 0 saturated heterocycles. The highest BCUT2D eigenvalue weighted by atomic mass is 16.3. The first-order chi connectivity index (χ1) is 8.76. The zero-order chi connectivity index (χ0) is 13.2. The second-order valence-corrected chi connectivity index (χ2v) is 3.90. The summed E-state index contributed by atoms with van der Waals surface area (Å²) >= 11 is 0. The maximum absolute atomic E-state index is 11.5. The molecule has 0 saturated carbocycles. The molecule has 1 aromatic rings. The molecule has 4 nitrogen and oxygen atoms in total. The van der Waals surface area contributed by atoms with Crippen LogP contribution in [0.1, 0.15) is 5.56 Å². The van der Waals surface area contributed by atoms with Gasteiger partial charge in [-0.1, -0.05) is 36.3 Å². The summed E-state index contributed by atoms with van der Waals surface area (Å²) in [5, 5.41) is 11.6. The minimum Gasteiger partial charge on any atom is -0.395 e. The average molecular weight is 246 g/mol. The summed E-state index contributed by atoms with van der Waals surface area (Å²) in [6.07, 6.45) is 5.07. The number of hydrogen-bond acceptors (Lipinski definition) is 3. The highest BCUT2D eigenvalue weighted by Gasteiger charge is 2.10. The summed E-state index contributed by atoms with van der Waals surface area (Å²) in [5.74, 6) is 2.23. The molecule has 1 aromatic carbocycles. The fourth-order valence-electron chi connectivity index (χ4n) is 1.61. The van der Waals surface area contributed by atoms with Gasteiger partial charge in [0.05, 0.1) is 19.7 Å². The molecule has 0 heterocycles. The summed E-state index contributed by atoms with van der Waals surface area (Å²) < 4.78 is 0. The van der Waals surface area contributed by atoms with Crippen molar-refractivity contribution in [1.82, 2.24) is 10.2 Å². The molecule has 1 amide bonds. The van der Waals surface area contributed by atoms with Crippen molar-refractivity contribution < 1.29 is 9.90 Å². The maximum Gasteiger partial charge on any atom is 0.234 e. The van der Waals surface area contributed by atoms with E-state index in [9.17, 15) is 4.79 Å². The number of nitrogens with one attached hydrogen (secondary N) is 1. The Morgan fingerprint density at radius 3 is 2.72 bits per heavy atom. The monoisotopic (exact) mass is 246 g/mol. The van der Waals surface area contributed by atoms with Gasteiger partial charge in [0, 0.05) is 13.1 Å². The van der Waals surface area contributed by atoms with Crippen LogP contribution in [-0.2, 0) is 11.3 Å². The van der Waals surface area contributed by atoms with Crippen LogP contribution in [0.15, 0.2) is 30.3 Å². The summed E-state index contributed by atoms with van der Waals surface area (Å²) in [5.41, 5.74) is 1.11. The third kappa shape index (κ3) is 5.48. The summed E-state index contributed by atoms with van der Waals surface area (Å²) in [4.78, 5) is 13.4. The molecule has 96 valence electrons. The highest BCUT2D eigenvalue weighted by molar-refractivity contribution is 5.78. The number of aliphatic hydroxyl groups excluding tert-OH is 1. The van der Waals surface area contributed by atoms with Gasteiger partial charge in [-0.15, -0.1) is 6.42 Å². The van der Waals surface area contributed by atoms with E-state index >= 15 is 0 Å². The first kappa shape index (κ1) is 14.2. The Kier molecular flexibility index (Phi) is 6.55. The number of hydrogen-bond donors (Lipinski definition) is 2. The SMILES string of the molecule is C#CCNC(=O)CN(CCO)Cc1ccccc1. The Hall–Kier alpha value is -1.83. The van der Waals surface area contributed by atoms with E-state index < -0.39 is 0 Å². The number of terminal acetylenes is 1. The maximum atomic E-state index is 11.5. The second-order valence-electron chi connectivity index (χ2n) is 3.90. The van der Waals surface area contributed by atoms with E-state index in [2.05, 4.69) is 11.2 Å². The Morgan fingerprint density at radius 2 is 2.11 bits per heavy atom. The molecule has 0 aliphatic carbocycles. The largest absolute Gasteiger partial charge is 0.395 e. The van der Waals surface area contributed by atoms with Crippen molar-refractivity contribution in [3.8, 4) is 12.3 Å². The van der Waals surface area contributed by atoms with Crippen LogP contribution in [-0.4, -0.2) is 42.2 Å². The number of carbonyl (C=O) groups excluding carboxylic acids is 1. The molecular formula is C14H18N2O2. The minimum atomic E-state index is -0.127. The van der Waals surface area contributed by atoms with Gasteiger partial charge in [-0.2, -0.15) is 0 Å². The fraction of sp³-hybridized carbons (Fsp3) is 0.357. The summed E-state index contributed by atoms with van der Waals surface area (Å²) in [7, 11) is 0. The van der Waals surface area contributed by atoms with Crippen LogP contribution in [0.25, 0.3) is 0 Å². The van der Waals surface area contributed by atoms with Gasteiger partial charge in [0.2, 0.25) is 5.91 Å². The van der Waals surface area contributed by atoms with Gasteiger partial charge in [0.1, 0.15) is 0 Å². The van der Waals surface area contributed by atoms with Crippen LogP contribution in [0.4, 0.5) is 0 Å². The molecule has 4 heteroatoms. The van der Waals surface area contributed by atoms with Gasteiger partial charge in [-0.05, 0) is 5.56 Å². The van der Waals surface area contributed by atoms with E-state index in [0.29, 0.717) is 13.1 Å². The van der Waals surface area contributed by atoms with Crippen LogP contribution in [0.2, 0.25) is 0 Å². The standard InChI is InChI=1S/C14H18N2O2/c1-2-8-15-14(18)12-16(9-10-17)11-13-6-4-3-5-7-13/h1,3-7,17H,8-12H2,(H,15,18). The minimum absolute atomic E-state index is 0.0231. The Morgan fingerprint density at radius 1 is 1.39 bits per heavy atom. The molecule has 0 radical (unpaired) electrons. The zero-order valence-corrected chi connectivity index (χ0v) is 10.3. The number of rotatable bonds is 7. The quantitative estimate of drug-likeness (QED) is 0.677. The van der Waals surface area contributed by atoms with Gasteiger partial charge in [-0.25, -0.2) is 0 Å². The van der Waals surface area contributed by atoms with Crippen molar-refractivity contribution in [2.75, 3.05) is 26.2 Å². The summed E-state index contributed by atoms with van der Waals surface area (Å²) in [6.45, 7) is 1.58. The molecule has 18 heavy (non-hydrogen) atoms. The fourth-order valence-corrected chi connectivity index (χ4v) is 1.61. The molecule has 0 unspecified atom stereocenters. The molecule has 0 atom stereocenters. The number of nitrogens with zero attached hydrogens (tertiary/aromatic N) is 1. The van der Waals surface area contributed by atoms with Gasteiger partial charge >= 0.3 is 0 Å². The van der Waals surface area contributed by atoms with Gasteiger partial charge < -0.3 is 10.4 Å². The van der Waals surface area contributed by atoms with Crippen molar-refractivity contribution in [1.29, 1.82) is 0 Å². The van der Waals surface area contributed by atoms with E-state index in [0.717, 1.165) is 5.56 Å². The summed E-state index contributed by atoms with van der Waals surface area (Å²) in [6, 6.07) is 9.82. The van der Waals surface area contributed by atoms with Crippen LogP contribution in [0.3, 0.4) is 0 Å². The smallest absolute Gasteiger partial charge is 0.234 e. The number of carbonyl (C=O) groups is 1. The van der Waals surface area contributed by atoms with Crippen molar-refractivity contribution in [2.45, 2.75) is 6.54 Å². The lowest BCUT2D eigenvalue weighted by atomic mass is 10.2. The van der Waals surface area contributed by atoms with Crippen LogP contribution in [0, 0.1) is 12.3 Å². The van der Waals surface area contributed by atoms with Gasteiger partial charge in [0.15, 0.2) is 0 Å². The average Bonchev–Trinajstić information content (AvgIpc) is 2.38. The van der Waals surface area contributed by atoms with Crippen molar-refractivity contribution in [3.63, 3.8) is 0 Å². The first-order valence-electron chi connectivity index (χ1n) is 5.83. The molecule has 1 rings (SSSR count). The third-order valence-corrected chi connectivity index (χ3v) is 2.42. The molecule has 2 N–H and O–H groups in total. The molecule has 0 spiro atoms. The van der Waals surface area contributed by atoms with Crippen LogP contribution in [0.5, 0.6) is 0 Å². The molecular weight excluding hydrogens is 228 g/mol.